The number of hydrogen-bond acceptors (Lipinski definition) is 3. The minimum atomic E-state index is -0.461. The van der Waals surface area contributed by atoms with Gasteiger partial charge in [0.25, 0.3) is 5.91 Å². The second-order valence-electron chi connectivity index (χ2n) is 11.7. The summed E-state index contributed by atoms with van der Waals surface area (Å²) in [6.07, 6.45) is 10.5. The molecule has 0 aromatic heterocycles. The number of likely N-dealkylation sites (tertiary alicyclic amines) is 1. The van der Waals surface area contributed by atoms with Gasteiger partial charge in [-0.25, -0.2) is 4.39 Å². The lowest BCUT2D eigenvalue weighted by molar-refractivity contribution is -0.152. The van der Waals surface area contributed by atoms with Gasteiger partial charge in [0.05, 0.1) is 0 Å². The third kappa shape index (κ3) is 3.74. The van der Waals surface area contributed by atoms with E-state index in [1.54, 1.807) is 0 Å². The third-order valence-electron chi connectivity index (χ3n) is 9.65. The molecule has 4 atom stereocenters. The maximum absolute atomic E-state index is 14.1. The highest BCUT2D eigenvalue weighted by atomic mass is 19.1. The Morgan fingerprint density at radius 3 is 2.27 bits per heavy atom. The SMILES string of the molecule is C[C@@H]1[C@H]2CC[C@H](C2)N1C(=O)[C@@H](NC(=O)COc1ccc(F)cc1)C12CC3CC(CC(C3)C1)C2. The van der Waals surface area contributed by atoms with Gasteiger partial charge in [0.1, 0.15) is 17.6 Å². The number of hydrogen-bond donors (Lipinski definition) is 1. The predicted octanol–water partition coefficient (Wildman–Crippen LogP) is 4.31. The van der Waals surface area contributed by atoms with Crippen LogP contribution in [0.15, 0.2) is 24.3 Å². The highest BCUT2D eigenvalue weighted by Crippen LogP contribution is 2.61. The number of benzene rings is 1. The molecule has 0 unspecified atom stereocenters. The van der Waals surface area contributed by atoms with Gasteiger partial charge in [-0.2, -0.15) is 0 Å². The quantitative estimate of drug-likeness (QED) is 0.697. The fraction of sp³-hybridized carbons (Fsp3) is 0.704. The van der Waals surface area contributed by atoms with Crippen molar-refractivity contribution in [2.45, 2.75) is 82.8 Å². The molecular weight excluding hydrogens is 419 g/mol. The molecule has 5 saturated carbocycles. The lowest BCUT2D eigenvalue weighted by atomic mass is 9.47. The van der Waals surface area contributed by atoms with Crippen molar-refractivity contribution in [1.82, 2.24) is 10.2 Å². The van der Waals surface area contributed by atoms with Crippen LogP contribution < -0.4 is 10.1 Å². The number of nitrogens with one attached hydrogen (secondary N) is 1. The Kier molecular flexibility index (Phi) is 5.19. The van der Waals surface area contributed by atoms with Crippen LogP contribution in [0.25, 0.3) is 0 Å². The van der Waals surface area contributed by atoms with Crippen LogP contribution in [0.3, 0.4) is 0 Å². The first-order chi connectivity index (χ1) is 15.9. The number of halogens is 1. The van der Waals surface area contributed by atoms with Crippen molar-refractivity contribution in [3.63, 3.8) is 0 Å². The molecule has 1 aromatic carbocycles. The zero-order chi connectivity index (χ0) is 22.7. The standard InChI is InChI=1S/C27H35FN2O3/c1-16-20-2-5-22(11-20)30(16)26(32)25(27-12-17-8-18(13-27)10-19(9-17)14-27)29-24(31)15-33-23-6-3-21(28)4-7-23/h3-4,6-7,16-20,22,25H,2,5,8-15H2,1H3,(H,29,31)/t16-,17?,18?,19?,20+,22-,25-,27?/m1/s1. The molecule has 1 aliphatic heterocycles. The van der Waals surface area contributed by atoms with Crippen molar-refractivity contribution < 1.29 is 18.7 Å². The van der Waals surface area contributed by atoms with Gasteiger partial charge in [-0.3, -0.25) is 9.59 Å². The molecule has 2 amide bonds. The zero-order valence-corrected chi connectivity index (χ0v) is 19.5. The van der Waals surface area contributed by atoms with Crippen LogP contribution >= 0.6 is 0 Å². The van der Waals surface area contributed by atoms with E-state index < -0.39 is 6.04 Å². The topological polar surface area (TPSA) is 58.6 Å². The normalized spacial score (nSPS) is 39.0. The molecule has 1 aromatic rings. The van der Waals surface area contributed by atoms with E-state index in [1.807, 2.05) is 0 Å². The number of piperidine rings is 1. The largest absolute Gasteiger partial charge is 0.484 e. The van der Waals surface area contributed by atoms with E-state index in [-0.39, 0.29) is 35.7 Å². The Balaban J connectivity index is 1.23. The molecule has 0 spiro atoms. The summed E-state index contributed by atoms with van der Waals surface area (Å²) in [7, 11) is 0. The van der Waals surface area contributed by atoms with E-state index in [2.05, 4.69) is 17.1 Å². The van der Waals surface area contributed by atoms with Crippen LogP contribution in [-0.4, -0.2) is 41.4 Å². The second-order valence-corrected chi connectivity index (χ2v) is 11.7. The fourth-order valence-corrected chi connectivity index (χ4v) is 8.66. The number of amides is 2. The summed E-state index contributed by atoms with van der Waals surface area (Å²) >= 11 is 0. The van der Waals surface area contributed by atoms with Gasteiger partial charge >= 0.3 is 0 Å². The first-order valence-electron chi connectivity index (χ1n) is 12.9. The molecule has 1 saturated heterocycles. The highest BCUT2D eigenvalue weighted by molar-refractivity contribution is 5.89. The molecule has 5 aliphatic carbocycles. The summed E-state index contributed by atoms with van der Waals surface area (Å²) in [6, 6.07) is 5.82. The van der Waals surface area contributed by atoms with Gasteiger partial charge in [-0.1, -0.05) is 0 Å². The number of fused-ring (bicyclic) bond motifs is 2. The maximum Gasteiger partial charge on any atom is 0.258 e. The summed E-state index contributed by atoms with van der Waals surface area (Å²) < 4.78 is 18.8. The van der Waals surface area contributed by atoms with Crippen LogP contribution in [0.5, 0.6) is 5.75 Å². The van der Waals surface area contributed by atoms with Gasteiger partial charge in [-0.05, 0) is 113 Å². The number of ether oxygens (including phenoxy) is 1. The van der Waals surface area contributed by atoms with Crippen LogP contribution in [0, 0.1) is 34.9 Å². The second kappa shape index (κ2) is 7.99. The summed E-state index contributed by atoms with van der Waals surface area (Å²) in [6.45, 7) is 2.03. The first-order valence-corrected chi connectivity index (χ1v) is 12.9. The number of nitrogens with zero attached hydrogens (tertiary/aromatic N) is 1. The fourth-order valence-electron chi connectivity index (χ4n) is 8.66. The molecule has 6 bridgehead atoms. The Morgan fingerprint density at radius 1 is 1.06 bits per heavy atom. The maximum atomic E-state index is 14.1. The molecule has 6 heteroatoms. The molecular formula is C27H35FN2O3. The van der Waals surface area contributed by atoms with E-state index in [9.17, 15) is 14.0 Å². The Hall–Kier alpha value is -2.11. The monoisotopic (exact) mass is 454 g/mol. The third-order valence-corrected chi connectivity index (χ3v) is 9.65. The average molecular weight is 455 g/mol. The van der Waals surface area contributed by atoms with Crippen molar-refractivity contribution in [3.05, 3.63) is 30.1 Å². The van der Waals surface area contributed by atoms with E-state index in [0.717, 1.165) is 32.1 Å². The zero-order valence-electron chi connectivity index (χ0n) is 19.5. The summed E-state index contributed by atoms with van der Waals surface area (Å²) in [4.78, 5) is 29.3. The Labute approximate surface area is 195 Å². The molecule has 6 fully saturated rings. The van der Waals surface area contributed by atoms with Gasteiger partial charge in [0.2, 0.25) is 5.91 Å². The van der Waals surface area contributed by atoms with E-state index in [4.69, 9.17) is 4.74 Å². The lowest BCUT2D eigenvalue weighted by Gasteiger charge is -2.59. The average Bonchev–Trinajstić information content (AvgIpc) is 3.37. The smallest absolute Gasteiger partial charge is 0.258 e. The van der Waals surface area contributed by atoms with E-state index in [1.165, 1.54) is 49.9 Å². The van der Waals surface area contributed by atoms with Crippen LogP contribution in [0.2, 0.25) is 0 Å². The molecule has 7 rings (SSSR count). The van der Waals surface area contributed by atoms with Crippen LogP contribution in [-0.2, 0) is 9.59 Å². The van der Waals surface area contributed by atoms with Crippen LogP contribution in [0.4, 0.5) is 4.39 Å². The van der Waals surface area contributed by atoms with Crippen molar-refractivity contribution in [3.8, 4) is 5.75 Å². The van der Waals surface area contributed by atoms with Crippen molar-refractivity contribution in [2.24, 2.45) is 29.1 Å². The summed E-state index contributed by atoms with van der Waals surface area (Å²) in [5, 5.41) is 3.18. The first kappa shape index (κ1) is 21.4. The summed E-state index contributed by atoms with van der Waals surface area (Å²) in [5.74, 6) is 2.71. The Bertz CT molecular complexity index is 895. The minimum Gasteiger partial charge on any atom is -0.484 e. The van der Waals surface area contributed by atoms with E-state index in [0.29, 0.717) is 35.5 Å². The van der Waals surface area contributed by atoms with Gasteiger partial charge in [-0.15, -0.1) is 0 Å². The van der Waals surface area contributed by atoms with Crippen molar-refractivity contribution in [2.75, 3.05) is 6.61 Å². The van der Waals surface area contributed by atoms with Gasteiger partial charge in [0.15, 0.2) is 6.61 Å². The molecule has 1 heterocycles. The van der Waals surface area contributed by atoms with E-state index >= 15 is 0 Å². The molecule has 33 heavy (non-hydrogen) atoms. The molecule has 178 valence electrons. The van der Waals surface area contributed by atoms with Crippen molar-refractivity contribution in [1.29, 1.82) is 0 Å². The minimum absolute atomic E-state index is 0.112. The molecule has 1 N–H and O–H groups in total. The Morgan fingerprint density at radius 2 is 1.70 bits per heavy atom. The van der Waals surface area contributed by atoms with Crippen LogP contribution in [0.1, 0.15) is 64.7 Å². The van der Waals surface area contributed by atoms with Crippen molar-refractivity contribution >= 4 is 11.8 Å². The number of carbonyl (C=O) groups excluding carboxylic acids is 2. The predicted molar refractivity (Wildman–Crippen MR) is 122 cm³/mol. The lowest BCUT2D eigenvalue weighted by Crippen LogP contribution is -2.64. The number of carbonyl (C=O) groups is 2. The molecule has 0 radical (unpaired) electrons. The summed E-state index contributed by atoms with van der Waals surface area (Å²) in [5.41, 5.74) is -0.112. The molecule has 5 nitrogen and oxygen atoms in total. The van der Waals surface area contributed by atoms with Gasteiger partial charge in [0, 0.05) is 17.5 Å². The molecule has 6 aliphatic rings. The number of rotatable bonds is 6. The highest BCUT2D eigenvalue weighted by Gasteiger charge is 2.58. The van der Waals surface area contributed by atoms with Gasteiger partial charge < -0.3 is 15.0 Å².